The van der Waals surface area contributed by atoms with Gasteiger partial charge in [0.2, 0.25) is 0 Å². The number of hydrogen-bond acceptors (Lipinski definition) is 5. The number of aromatic nitrogens is 4. The number of rotatable bonds is 1. The van der Waals surface area contributed by atoms with E-state index in [1.807, 2.05) is 26.8 Å². The Labute approximate surface area is 146 Å². The third-order valence-electron chi connectivity index (χ3n) is 3.55. The molecule has 9 heteroatoms. The van der Waals surface area contributed by atoms with Crippen LogP contribution in [0.2, 0.25) is 0 Å². The van der Waals surface area contributed by atoms with Gasteiger partial charge in [-0.2, -0.15) is 9.50 Å². The van der Waals surface area contributed by atoms with Crippen molar-refractivity contribution in [3.63, 3.8) is 0 Å². The Balaban J connectivity index is 1.82. The molecule has 128 valence electrons. The van der Waals surface area contributed by atoms with E-state index in [2.05, 4.69) is 31.0 Å². The third kappa shape index (κ3) is 3.35. The highest BCUT2D eigenvalue weighted by atomic mass is 79.9. The second kappa shape index (κ2) is 6.04. The molecule has 2 aromatic rings. The maximum absolute atomic E-state index is 12.5. The van der Waals surface area contributed by atoms with Gasteiger partial charge in [-0.25, -0.2) is 9.78 Å². The zero-order chi connectivity index (χ0) is 17.5. The fourth-order valence-corrected chi connectivity index (χ4v) is 2.79. The Morgan fingerprint density at radius 3 is 2.79 bits per heavy atom. The summed E-state index contributed by atoms with van der Waals surface area (Å²) in [6.07, 6.45) is 3.61. The minimum absolute atomic E-state index is 0.213. The summed E-state index contributed by atoms with van der Waals surface area (Å²) in [6.45, 7) is 6.40. The number of nitrogens with one attached hydrogen (secondary N) is 1. The molecule has 1 N–H and O–H groups in total. The van der Waals surface area contributed by atoms with Crippen molar-refractivity contribution in [1.29, 1.82) is 0 Å². The van der Waals surface area contributed by atoms with Crippen LogP contribution in [0.4, 0.5) is 4.79 Å². The zero-order valence-electron chi connectivity index (χ0n) is 13.7. The highest BCUT2D eigenvalue weighted by Crippen LogP contribution is 2.21. The predicted octanol–water partition coefficient (Wildman–Crippen LogP) is 2.20. The van der Waals surface area contributed by atoms with Crippen LogP contribution in [0.5, 0.6) is 0 Å². The van der Waals surface area contributed by atoms with E-state index in [0.29, 0.717) is 35.6 Å². The molecule has 2 aromatic heterocycles. The molecule has 1 aliphatic heterocycles. The molecule has 0 saturated carbocycles. The first kappa shape index (κ1) is 16.7. The van der Waals surface area contributed by atoms with E-state index >= 15 is 0 Å². The van der Waals surface area contributed by atoms with Crippen molar-refractivity contribution in [2.45, 2.75) is 32.8 Å². The monoisotopic (exact) mass is 395 g/mol. The summed E-state index contributed by atoms with van der Waals surface area (Å²) in [5.74, 6) is 0.308. The van der Waals surface area contributed by atoms with Crippen LogP contribution in [0.15, 0.2) is 21.8 Å². The van der Waals surface area contributed by atoms with Gasteiger partial charge in [-0.05, 0) is 48.7 Å². The van der Waals surface area contributed by atoms with Gasteiger partial charge in [0, 0.05) is 19.3 Å². The third-order valence-corrected chi connectivity index (χ3v) is 3.91. The van der Waals surface area contributed by atoms with Gasteiger partial charge in [0.15, 0.2) is 4.73 Å². The summed E-state index contributed by atoms with van der Waals surface area (Å²) in [7, 11) is 0. The molecule has 0 aromatic carbocycles. The van der Waals surface area contributed by atoms with Crippen LogP contribution in [0.3, 0.4) is 0 Å². The first-order valence-electron chi connectivity index (χ1n) is 7.55. The Morgan fingerprint density at radius 1 is 1.42 bits per heavy atom. The predicted molar refractivity (Wildman–Crippen MR) is 91.7 cm³/mol. The number of hydrogen-bond donors (Lipinski definition) is 1. The first-order valence-corrected chi connectivity index (χ1v) is 8.34. The summed E-state index contributed by atoms with van der Waals surface area (Å²) in [4.78, 5) is 34.5. The van der Waals surface area contributed by atoms with E-state index < -0.39 is 5.60 Å². The van der Waals surface area contributed by atoms with Crippen LogP contribution in [0, 0.1) is 0 Å². The minimum atomic E-state index is -0.525. The SMILES string of the molecule is CC(C)(C)OC(=O)N1CC=C(c2cnc3nc(Br)[nH]n3c2=O)CC1. The summed E-state index contributed by atoms with van der Waals surface area (Å²) >= 11 is 3.19. The van der Waals surface area contributed by atoms with E-state index in [-0.39, 0.29) is 11.7 Å². The highest BCUT2D eigenvalue weighted by Gasteiger charge is 2.24. The van der Waals surface area contributed by atoms with Gasteiger partial charge in [0.25, 0.3) is 11.3 Å². The first-order chi connectivity index (χ1) is 11.2. The molecule has 1 amide bonds. The van der Waals surface area contributed by atoms with Crippen LogP contribution in [-0.2, 0) is 4.74 Å². The van der Waals surface area contributed by atoms with Crippen LogP contribution in [0.25, 0.3) is 11.4 Å². The van der Waals surface area contributed by atoms with E-state index in [9.17, 15) is 9.59 Å². The second-order valence-electron chi connectivity index (χ2n) is 6.53. The summed E-state index contributed by atoms with van der Waals surface area (Å²) in [5.41, 5.74) is 0.637. The second-order valence-corrected chi connectivity index (χ2v) is 7.28. The standard InChI is InChI=1S/C15H18BrN5O3/c1-15(2,3)24-14(23)20-6-4-9(5-7-20)10-8-17-13-18-12(16)19-21(13)11(10)22/h4,8H,5-7H2,1-3H3,(H,17,18,19). The Bertz CT molecular complexity index is 877. The fraction of sp³-hybridized carbons (Fsp3) is 0.467. The number of H-pyrrole nitrogens is 1. The van der Waals surface area contributed by atoms with E-state index in [1.54, 1.807) is 4.90 Å². The van der Waals surface area contributed by atoms with E-state index in [0.717, 1.165) is 5.57 Å². The van der Waals surface area contributed by atoms with Crippen molar-refractivity contribution in [1.82, 2.24) is 24.5 Å². The molecule has 0 radical (unpaired) electrons. The lowest BCUT2D eigenvalue weighted by Gasteiger charge is -2.29. The topological polar surface area (TPSA) is 92.6 Å². The minimum Gasteiger partial charge on any atom is -0.444 e. The molecule has 0 aliphatic carbocycles. The quantitative estimate of drug-likeness (QED) is 0.798. The zero-order valence-corrected chi connectivity index (χ0v) is 15.3. The molecule has 0 atom stereocenters. The molecular formula is C15H18BrN5O3. The van der Waals surface area contributed by atoms with Gasteiger partial charge in [-0.1, -0.05) is 6.08 Å². The number of fused-ring (bicyclic) bond motifs is 1. The lowest BCUT2D eigenvalue weighted by atomic mass is 10.0. The number of carbonyl (C=O) groups is 1. The number of amides is 1. The highest BCUT2D eigenvalue weighted by molar-refractivity contribution is 9.10. The molecule has 0 spiro atoms. The van der Waals surface area contributed by atoms with Gasteiger partial charge >= 0.3 is 6.09 Å². The van der Waals surface area contributed by atoms with Crippen molar-refractivity contribution >= 4 is 33.4 Å². The lowest BCUT2D eigenvalue weighted by molar-refractivity contribution is 0.0270. The van der Waals surface area contributed by atoms with Gasteiger partial charge in [-0.3, -0.25) is 9.89 Å². The molecule has 0 bridgehead atoms. The van der Waals surface area contributed by atoms with Crippen molar-refractivity contribution < 1.29 is 9.53 Å². The number of ether oxygens (including phenoxy) is 1. The maximum atomic E-state index is 12.5. The van der Waals surface area contributed by atoms with Crippen LogP contribution in [-0.4, -0.2) is 49.3 Å². The molecule has 0 fully saturated rings. The van der Waals surface area contributed by atoms with E-state index in [4.69, 9.17) is 4.74 Å². The Kier molecular flexibility index (Phi) is 4.20. The number of nitrogens with zero attached hydrogens (tertiary/aromatic N) is 4. The Hall–Kier alpha value is -2.16. The van der Waals surface area contributed by atoms with Crippen molar-refractivity contribution in [2.24, 2.45) is 0 Å². The van der Waals surface area contributed by atoms with Gasteiger partial charge in [0.05, 0.1) is 5.56 Å². The van der Waals surface area contributed by atoms with Crippen LogP contribution in [0.1, 0.15) is 32.8 Å². The van der Waals surface area contributed by atoms with Gasteiger partial charge in [0.1, 0.15) is 5.60 Å². The summed E-state index contributed by atoms with van der Waals surface area (Å²) < 4.78 is 7.10. The van der Waals surface area contributed by atoms with Crippen molar-refractivity contribution in [2.75, 3.05) is 13.1 Å². The smallest absolute Gasteiger partial charge is 0.410 e. The normalized spacial score (nSPS) is 15.5. The number of aromatic amines is 1. The van der Waals surface area contributed by atoms with Crippen molar-refractivity contribution in [3.05, 3.63) is 32.9 Å². The average Bonchev–Trinajstić information content (AvgIpc) is 2.88. The van der Waals surface area contributed by atoms with E-state index in [1.165, 1.54) is 10.7 Å². The number of carbonyl (C=O) groups excluding carboxylic acids is 1. The van der Waals surface area contributed by atoms with Gasteiger partial charge < -0.3 is 9.64 Å². The molecule has 8 nitrogen and oxygen atoms in total. The Morgan fingerprint density at radius 2 is 2.17 bits per heavy atom. The molecule has 24 heavy (non-hydrogen) atoms. The molecular weight excluding hydrogens is 378 g/mol. The molecule has 3 heterocycles. The number of halogens is 1. The van der Waals surface area contributed by atoms with Crippen LogP contribution >= 0.6 is 15.9 Å². The molecule has 0 saturated heterocycles. The summed E-state index contributed by atoms with van der Waals surface area (Å²) in [5, 5.41) is 2.79. The summed E-state index contributed by atoms with van der Waals surface area (Å²) in [6, 6.07) is 0. The van der Waals surface area contributed by atoms with Crippen molar-refractivity contribution in [3.8, 4) is 0 Å². The molecule has 1 aliphatic rings. The van der Waals surface area contributed by atoms with Gasteiger partial charge in [-0.15, -0.1) is 0 Å². The average molecular weight is 396 g/mol. The largest absolute Gasteiger partial charge is 0.444 e. The fourth-order valence-electron chi connectivity index (χ4n) is 2.46. The molecule has 0 unspecified atom stereocenters. The maximum Gasteiger partial charge on any atom is 0.410 e. The van der Waals surface area contributed by atoms with Crippen LogP contribution < -0.4 is 5.56 Å². The lowest BCUT2D eigenvalue weighted by Crippen LogP contribution is -2.39. The molecule has 3 rings (SSSR count).